The van der Waals surface area contributed by atoms with Gasteiger partial charge in [-0.05, 0) is 6.42 Å². The first-order chi connectivity index (χ1) is 12.0. The van der Waals surface area contributed by atoms with Crippen molar-refractivity contribution >= 4 is 34.3 Å². The van der Waals surface area contributed by atoms with Gasteiger partial charge in [-0.25, -0.2) is 9.78 Å². The Bertz CT molecular complexity index is 790. The molecule has 1 N–H and O–H groups in total. The summed E-state index contributed by atoms with van der Waals surface area (Å²) in [4.78, 5) is 42.4. The standard InChI is InChI=1S/C17H18N4O3S/c1-20-10-15(23)21(17(20)24)9-5-8-14(22)19-16-18-13(11-25-16)12-6-3-2-4-7-12/h2-4,6-7,11H,5,8-10H2,1H3,(H,18,19,22). The molecule has 1 saturated heterocycles. The van der Waals surface area contributed by atoms with E-state index in [0.717, 1.165) is 11.3 Å². The van der Waals surface area contributed by atoms with E-state index in [4.69, 9.17) is 0 Å². The molecule has 0 bridgehead atoms. The van der Waals surface area contributed by atoms with E-state index < -0.39 is 0 Å². The van der Waals surface area contributed by atoms with E-state index in [1.807, 2.05) is 35.7 Å². The van der Waals surface area contributed by atoms with Crippen LogP contribution in [0.1, 0.15) is 12.8 Å². The number of aromatic nitrogens is 1. The Balaban J connectivity index is 1.48. The quantitative estimate of drug-likeness (QED) is 0.804. The molecule has 0 saturated carbocycles. The van der Waals surface area contributed by atoms with Crippen molar-refractivity contribution in [2.24, 2.45) is 0 Å². The number of carbonyl (C=O) groups excluding carboxylic acids is 3. The molecule has 0 aliphatic carbocycles. The molecule has 2 heterocycles. The Morgan fingerprint density at radius 3 is 2.72 bits per heavy atom. The third-order valence-electron chi connectivity index (χ3n) is 3.84. The Morgan fingerprint density at radius 2 is 2.04 bits per heavy atom. The van der Waals surface area contributed by atoms with Crippen LogP contribution in [0.5, 0.6) is 0 Å². The molecule has 1 aliphatic rings. The molecule has 0 atom stereocenters. The third-order valence-corrected chi connectivity index (χ3v) is 4.59. The Hall–Kier alpha value is -2.74. The molecule has 1 fully saturated rings. The SMILES string of the molecule is CN1CC(=O)N(CCCC(=O)Nc2nc(-c3ccccc3)cs2)C1=O. The zero-order valence-corrected chi connectivity index (χ0v) is 14.6. The number of benzene rings is 1. The van der Waals surface area contributed by atoms with Crippen molar-refractivity contribution in [3.8, 4) is 11.3 Å². The van der Waals surface area contributed by atoms with Gasteiger partial charge in [0.05, 0.1) is 5.69 Å². The van der Waals surface area contributed by atoms with Crippen molar-refractivity contribution in [3.05, 3.63) is 35.7 Å². The lowest BCUT2D eigenvalue weighted by atomic mass is 10.2. The fourth-order valence-electron chi connectivity index (χ4n) is 2.54. The molecule has 1 aliphatic heterocycles. The number of thiazole rings is 1. The fraction of sp³-hybridized carbons (Fsp3) is 0.294. The van der Waals surface area contributed by atoms with E-state index in [0.29, 0.717) is 11.6 Å². The zero-order chi connectivity index (χ0) is 17.8. The summed E-state index contributed by atoms with van der Waals surface area (Å²) in [7, 11) is 1.58. The summed E-state index contributed by atoms with van der Waals surface area (Å²) in [6, 6.07) is 9.42. The minimum absolute atomic E-state index is 0.104. The normalized spacial score (nSPS) is 14.3. The summed E-state index contributed by atoms with van der Waals surface area (Å²) in [5.41, 5.74) is 1.81. The van der Waals surface area contributed by atoms with Crippen molar-refractivity contribution in [1.82, 2.24) is 14.8 Å². The van der Waals surface area contributed by atoms with Crippen molar-refractivity contribution < 1.29 is 14.4 Å². The van der Waals surface area contributed by atoms with E-state index in [1.54, 1.807) is 7.05 Å². The largest absolute Gasteiger partial charge is 0.326 e. The van der Waals surface area contributed by atoms with Crippen LogP contribution in [0.4, 0.5) is 9.93 Å². The number of anilines is 1. The number of hydrogen-bond acceptors (Lipinski definition) is 5. The summed E-state index contributed by atoms with van der Waals surface area (Å²) in [5.74, 6) is -0.401. The molecule has 2 aromatic rings. The van der Waals surface area contributed by atoms with Crippen molar-refractivity contribution in [2.45, 2.75) is 12.8 Å². The number of imide groups is 1. The second kappa shape index (κ2) is 7.43. The number of likely N-dealkylation sites (N-methyl/N-ethyl adjacent to an activating group) is 1. The molecule has 0 spiro atoms. The number of hydrogen-bond donors (Lipinski definition) is 1. The molecule has 7 nitrogen and oxygen atoms in total. The van der Waals surface area contributed by atoms with E-state index in [1.165, 1.54) is 21.1 Å². The van der Waals surface area contributed by atoms with Gasteiger partial charge in [0, 0.05) is 31.0 Å². The Kier molecular flexibility index (Phi) is 5.08. The molecule has 8 heteroatoms. The van der Waals surface area contributed by atoms with Crippen molar-refractivity contribution in [3.63, 3.8) is 0 Å². The van der Waals surface area contributed by atoms with Gasteiger partial charge in [0.25, 0.3) is 0 Å². The molecule has 130 valence electrons. The van der Waals surface area contributed by atoms with Gasteiger partial charge in [0.2, 0.25) is 11.8 Å². The second-order valence-electron chi connectivity index (χ2n) is 5.74. The second-order valence-corrected chi connectivity index (χ2v) is 6.60. The monoisotopic (exact) mass is 358 g/mol. The smallest absolute Gasteiger partial charge is 0.318 e. The molecule has 1 aromatic heterocycles. The molecule has 1 aromatic carbocycles. The van der Waals surface area contributed by atoms with Gasteiger partial charge in [-0.1, -0.05) is 30.3 Å². The lowest BCUT2D eigenvalue weighted by molar-refractivity contribution is -0.125. The Labute approximate surface area is 149 Å². The first-order valence-corrected chi connectivity index (χ1v) is 8.79. The fourth-order valence-corrected chi connectivity index (χ4v) is 3.28. The maximum atomic E-state index is 12.0. The Morgan fingerprint density at radius 1 is 1.28 bits per heavy atom. The van der Waals surface area contributed by atoms with Crippen molar-refractivity contribution in [1.29, 1.82) is 0 Å². The first kappa shape index (κ1) is 17.1. The first-order valence-electron chi connectivity index (χ1n) is 7.91. The number of nitrogens with zero attached hydrogens (tertiary/aromatic N) is 3. The third kappa shape index (κ3) is 4.03. The van der Waals surface area contributed by atoms with Gasteiger partial charge in [-0.2, -0.15) is 0 Å². The minimum Gasteiger partial charge on any atom is -0.318 e. The van der Waals surface area contributed by atoms with Crippen LogP contribution in [0.15, 0.2) is 35.7 Å². The van der Waals surface area contributed by atoms with Crippen LogP contribution in [0, 0.1) is 0 Å². The molecule has 4 amide bonds. The van der Waals surface area contributed by atoms with Crippen LogP contribution in [0.25, 0.3) is 11.3 Å². The van der Waals surface area contributed by atoms with Gasteiger partial charge in [0.15, 0.2) is 5.13 Å². The van der Waals surface area contributed by atoms with E-state index in [2.05, 4.69) is 10.3 Å². The minimum atomic E-state index is -0.308. The zero-order valence-electron chi connectivity index (χ0n) is 13.8. The van der Waals surface area contributed by atoms with Gasteiger partial charge < -0.3 is 10.2 Å². The molecule has 0 radical (unpaired) electrons. The number of amides is 4. The highest BCUT2D eigenvalue weighted by Gasteiger charge is 2.32. The average molecular weight is 358 g/mol. The van der Waals surface area contributed by atoms with E-state index >= 15 is 0 Å². The average Bonchev–Trinajstić information content (AvgIpc) is 3.15. The van der Waals surface area contributed by atoms with Crippen molar-refractivity contribution in [2.75, 3.05) is 25.5 Å². The maximum absolute atomic E-state index is 12.0. The molecular weight excluding hydrogens is 340 g/mol. The van der Waals surface area contributed by atoms with Crippen LogP contribution < -0.4 is 5.32 Å². The van der Waals surface area contributed by atoms with Crippen LogP contribution in [0.3, 0.4) is 0 Å². The highest BCUT2D eigenvalue weighted by Crippen LogP contribution is 2.24. The summed E-state index contributed by atoms with van der Waals surface area (Å²) in [6.45, 7) is 0.356. The summed E-state index contributed by atoms with van der Waals surface area (Å²) in [5, 5.41) is 5.19. The van der Waals surface area contributed by atoms with Gasteiger partial charge in [-0.15, -0.1) is 11.3 Å². The van der Waals surface area contributed by atoms with E-state index in [-0.39, 0.29) is 37.4 Å². The lowest BCUT2D eigenvalue weighted by Gasteiger charge is -2.13. The molecule has 0 unspecified atom stereocenters. The topological polar surface area (TPSA) is 82.6 Å². The summed E-state index contributed by atoms with van der Waals surface area (Å²) < 4.78 is 0. The van der Waals surface area contributed by atoms with Gasteiger partial charge in [-0.3, -0.25) is 14.5 Å². The van der Waals surface area contributed by atoms with Crippen LogP contribution in [-0.2, 0) is 9.59 Å². The molecular formula is C17H18N4O3S. The number of carbonyl (C=O) groups is 3. The summed E-state index contributed by atoms with van der Waals surface area (Å²) >= 11 is 1.36. The number of rotatable bonds is 6. The highest BCUT2D eigenvalue weighted by atomic mass is 32.1. The highest BCUT2D eigenvalue weighted by molar-refractivity contribution is 7.14. The summed E-state index contributed by atoms with van der Waals surface area (Å²) in [6.07, 6.45) is 0.648. The molecule has 3 rings (SSSR count). The predicted molar refractivity (Wildman–Crippen MR) is 95.2 cm³/mol. The predicted octanol–water partition coefficient (Wildman–Crippen LogP) is 2.42. The van der Waals surface area contributed by atoms with E-state index in [9.17, 15) is 14.4 Å². The van der Waals surface area contributed by atoms with Gasteiger partial charge in [0.1, 0.15) is 6.54 Å². The van der Waals surface area contributed by atoms with Crippen LogP contribution in [0.2, 0.25) is 0 Å². The van der Waals surface area contributed by atoms with Crippen LogP contribution >= 0.6 is 11.3 Å². The lowest BCUT2D eigenvalue weighted by Crippen LogP contribution is -2.32. The molecule has 25 heavy (non-hydrogen) atoms. The number of nitrogens with one attached hydrogen (secondary N) is 1. The number of urea groups is 1. The van der Waals surface area contributed by atoms with Gasteiger partial charge >= 0.3 is 6.03 Å². The van der Waals surface area contributed by atoms with Crippen LogP contribution in [-0.4, -0.2) is 52.8 Å². The maximum Gasteiger partial charge on any atom is 0.326 e.